The van der Waals surface area contributed by atoms with Crippen LogP contribution in [0.2, 0.25) is 0 Å². The Labute approximate surface area is 100 Å². The van der Waals surface area contributed by atoms with E-state index in [9.17, 15) is 0 Å². The molecular weight excluding hydrogens is 216 g/mol. The van der Waals surface area contributed by atoms with E-state index in [0.29, 0.717) is 6.54 Å². The van der Waals surface area contributed by atoms with Crippen molar-refractivity contribution in [2.24, 2.45) is 7.05 Å². The van der Waals surface area contributed by atoms with Crippen LogP contribution >= 0.6 is 0 Å². The van der Waals surface area contributed by atoms with Crippen LogP contribution in [0.3, 0.4) is 0 Å². The van der Waals surface area contributed by atoms with Crippen LogP contribution in [0.15, 0.2) is 24.7 Å². The molecule has 0 aliphatic rings. The maximum atomic E-state index is 4.11. The number of rotatable bonds is 4. The van der Waals surface area contributed by atoms with Crippen LogP contribution in [0.4, 0.5) is 11.4 Å². The SMILES string of the molecule is CN(C)c1ccncc1NCc1cn(C)nn1. The molecule has 0 aromatic carbocycles. The van der Waals surface area contributed by atoms with Gasteiger partial charge in [-0.3, -0.25) is 9.67 Å². The summed E-state index contributed by atoms with van der Waals surface area (Å²) < 4.78 is 1.69. The summed E-state index contributed by atoms with van der Waals surface area (Å²) in [5.41, 5.74) is 2.99. The first-order valence-corrected chi connectivity index (χ1v) is 5.37. The second-order valence-electron chi connectivity index (χ2n) is 4.02. The highest BCUT2D eigenvalue weighted by atomic mass is 15.4. The highest BCUT2D eigenvalue weighted by Crippen LogP contribution is 2.22. The molecule has 17 heavy (non-hydrogen) atoms. The van der Waals surface area contributed by atoms with Crippen molar-refractivity contribution >= 4 is 11.4 Å². The highest BCUT2D eigenvalue weighted by Gasteiger charge is 2.04. The van der Waals surface area contributed by atoms with E-state index in [1.807, 2.05) is 44.5 Å². The number of hydrogen-bond donors (Lipinski definition) is 1. The van der Waals surface area contributed by atoms with E-state index in [1.54, 1.807) is 10.9 Å². The average Bonchev–Trinajstić information content (AvgIpc) is 2.73. The molecule has 0 fully saturated rings. The topological polar surface area (TPSA) is 58.9 Å². The number of anilines is 2. The monoisotopic (exact) mass is 232 g/mol. The summed E-state index contributed by atoms with van der Waals surface area (Å²) in [6.45, 7) is 0.639. The van der Waals surface area contributed by atoms with E-state index in [-0.39, 0.29) is 0 Å². The van der Waals surface area contributed by atoms with Gasteiger partial charge in [0.1, 0.15) is 5.69 Å². The first kappa shape index (κ1) is 11.4. The van der Waals surface area contributed by atoms with Crippen LogP contribution in [0.5, 0.6) is 0 Å². The summed E-state index contributed by atoms with van der Waals surface area (Å²) in [6.07, 6.45) is 5.48. The van der Waals surface area contributed by atoms with Gasteiger partial charge in [0.05, 0.1) is 24.1 Å². The van der Waals surface area contributed by atoms with Gasteiger partial charge in [-0.15, -0.1) is 5.10 Å². The third-order valence-electron chi connectivity index (χ3n) is 2.39. The fraction of sp³-hybridized carbons (Fsp3) is 0.364. The van der Waals surface area contributed by atoms with E-state index in [2.05, 4.69) is 20.6 Å². The van der Waals surface area contributed by atoms with Crippen molar-refractivity contribution in [3.05, 3.63) is 30.4 Å². The summed E-state index contributed by atoms with van der Waals surface area (Å²) in [6, 6.07) is 1.97. The largest absolute Gasteiger partial charge is 0.376 e. The molecule has 2 heterocycles. The van der Waals surface area contributed by atoms with Crippen LogP contribution in [0.1, 0.15) is 5.69 Å². The molecule has 6 heteroatoms. The molecular formula is C11H16N6. The standard InChI is InChI=1S/C11H16N6/c1-16(2)11-4-5-12-7-10(11)13-6-9-8-17(3)15-14-9/h4-5,7-8,13H,6H2,1-3H3. The predicted molar refractivity (Wildman–Crippen MR) is 66.9 cm³/mol. The molecule has 0 bridgehead atoms. The maximum absolute atomic E-state index is 4.11. The maximum Gasteiger partial charge on any atom is 0.102 e. The second kappa shape index (κ2) is 4.82. The normalized spacial score (nSPS) is 10.3. The number of hydrogen-bond acceptors (Lipinski definition) is 5. The molecule has 0 radical (unpaired) electrons. The Kier molecular flexibility index (Phi) is 3.22. The summed E-state index contributed by atoms with van der Waals surface area (Å²) >= 11 is 0. The molecule has 90 valence electrons. The quantitative estimate of drug-likeness (QED) is 0.848. The Bertz CT molecular complexity index is 490. The van der Waals surface area contributed by atoms with Gasteiger partial charge in [-0.2, -0.15) is 0 Å². The third kappa shape index (κ3) is 2.72. The molecule has 0 unspecified atom stereocenters. The first-order valence-electron chi connectivity index (χ1n) is 5.37. The van der Waals surface area contributed by atoms with Crippen molar-refractivity contribution in [2.75, 3.05) is 24.3 Å². The molecule has 0 aliphatic carbocycles. The number of nitrogens with one attached hydrogen (secondary N) is 1. The minimum Gasteiger partial charge on any atom is -0.376 e. The highest BCUT2D eigenvalue weighted by molar-refractivity contribution is 5.67. The summed E-state index contributed by atoms with van der Waals surface area (Å²) in [4.78, 5) is 6.16. The van der Waals surface area contributed by atoms with Crippen molar-refractivity contribution in [1.29, 1.82) is 0 Å². The molecule has 0 aliphatic heterocycles. The molecule has 2 rings (SSSR count). The minimum absolute atomic E-state index is 0.639. The molecule has 0 atom stereocenters. The van der Waals surface area contributed by atoms with E-state index in [1.165, 1.54) is 0 Å². The number of nitrogens with zero attached hydrogens (tertiary/aromatic N) is 5. The van der Waals surface area contributed by atoms with Crippen molar-refractivity contribution in [3.8, 4) is 0 Å². The van der Waals surface area contributed by atoms with Gasteiger partial charge in [-0.25, -0.2) is 0 Å². The van der Waals surface area contributed by atoms with E-state index in [4.69, 9.17) is 0 Å². The Hall–Kier alpha value is -2.11. The van der Waals surface area contributed by atoms with Crippen LogP contribution in [-0.4, -0.2) is 34.1 Å². The second-order valence-corrected chi connectivity index (χ2v) is 4.02. The molecule has 0 amide bonds. The van der Waals surface area contributed by atoms with E-state index < -0.39 is 0 Å². The molecule has 1 N–H and O–H groups in total. The first-order chi connectivity index (χ1) is 8.16. The van der Waals surface area contributed by atoms with Crippen molar-refractivity contribution in [3.63, 3.8) is 0 Å². The predicted octanol–water partition coefficient (Wildman–Crippen LogP) is 0.888. The molecule has 6 nitrogen and oxygen atoms in total. The lowest BCUT2D eigenvalue weighted by Crippen LogP contribution is -2.12. The molecule has 2 aromatic rings. The Morgan fingerprint density at radius 1 is 1.41 bits per heavy atom. The van der Waals surface area contributed by atoms with Crippen LogP contribution in [0, 0.1) is 0 Å². The Morgan fingerprint density at radius 3 is 2.88 bits per heavy atom. The third-order valence-corrected chi connectivity index (χ3v) is 2.39. The molecule has 0 saturated heterocycles. The van der Waals surface area contributed by atoms with Gasteiger partial charge in [-0.05, 0) is 6.07 Å². The molecule has 0 saturated carbocycles. The van der Waals surface area contributed by atoms with Crippen molar-refractivity contribution in [1.82, 2.24) is 20.0 Å². The minimum atomic E-state index is 0.639. The lowest BCUT2D eigenvalue weighted by molar-refractivity contribution is 0.713. The van der Waals surface area contributed by atoms with Crippen molar-refractivity contribution < 1.29 is 0 Å². The van der Waals surface area contributed by atoms with Gasteiger partial charge in [0.2, 0.25) is 0 Å². The number of aromatic nitrogens is 4. The van der Waals surface area contributed by atoms with Gasteiger partial charge in [0.25, 0.3) is 0 Å². The summed E-state index contributed by atoms with van der Waals surface area (Å²) in [7, 11) is 5.86. The average molecular weight is 232 g/mol. The van der Waals surface area contributed by atoms with Gasteiger partial charge in [-0.1, -0.05) is 5.21 Å². The molecule has 0 spiro atoms. The zero-order valence-corrected chi connectivity index (χ0v) is 10.3. The smallest absolute Gasteiger partial charge is 0.102 e. The lowest BCUT2D eigenvalue weighted by Gasteiger charge is -2.17. The van der Waals surface area contributed by atoms with Crippen LogP contribution < -0.4 is 10.2 Å². The fourth-order valence-electron chi connectivity index (χ4n) is 1.58. The van der Waals surface area contributed by atoms with Crippen LogP contribution in [0.25, 0.3) is 0 Å². The van der Waals surface area contributed by atoms with Gasteiger partial charge in [0.15, 0.2) is 0 Å². The zero-order chi connectivity index (χ0) is 12.3. The Morgan fingerprint density at radius 2 is 2.24 bits per heavy atom. The summed E-state index contributed by atoms with van der Waals surface area (Å²) in [5.74, 6) is 0. The van der Waals surface area contributed by atoms with Crippen LogP contribution in [-0.2, 0) is 13.6 Å². The van der Waals surface area contributed by atoms with Gasteiger partial charge < -0.3 is 10.2 Å². The number of pyridine rings is 1. The fourth-order valence-corrected chi connectivity index (χ4v) is 1.58. The summed E-state index contributed by atoms with van der Waals surface area (Å²) in [5, 5.41) is 11.2. The molecule has 2 aromatic heterocycles. The number of aryl methyl sites for hydroxylation is 1. The van der Waals surface area contributed by atoms with Crippen molar-refractivity contribution in [2.45, 2.75) is 6.54 Å². The van der Waals surface area contributed by atoms with Gasteiger partial charge in [0, 0.05) is 33.5 Å². The lowest BCUT2D eigenvalue weighted by atomic mass is 10.3. The Balaban J connectivity index is 2.08. The zero-order valence-electron chi connectivity index (χ0n) is 10.3. The van der Waals surface area contributed by atoms with Gasteiger partial charge >= 0.3 is 0 Å². The van der Waals surface area contributed by atoms with E-state index >= 15 is 0 Å². The van der Waals surface area contributed by atoms with E-state index in [0.717, 1.165) is 17.1 Å².